The van der Waals surface area contributed by atoms with Gasteiger partial charge in [-0.3, -0.25) is 9.69 Å². The Balaban J connectivity index is 1.47. The molecule has 1 N–H and O–H groups in total. The zero-order valence-corrected chi connectivity index (χ0v) is 14.1. The average molecular weight is 324 g/mol. The lowest BCUT2D eigenvalue weighted by Crippen LogP contribution is -2.53. The second-order valence-electron chi connectivity index (χ2n) is 7.16. The van der Waals surface area contributed by atoms with Crippen LogP contribution in [-0.2, 0) is 11.3 Å². The fraction of sp³-hybridized carbons (Fsp3) is 0.450. The van der Waals surface area contributed by atoms with Crippen LogP contribution in [0.1, 0.15) is 42.3 Å². The van der Waals surface area contributed by atoms with Crippen LogP contribution < -0.4 is 5.32 Å². The molecule has 24 heavy (non-hydrogen) atoms. The van der Waals surface area contributed by atoms with Gasteiger partial charge in [0.1, 0.15) is 11.5 Å². The first-order chi connectivity index (χ1) is 11.6. The van der Waals surface area contributed by atoms with Gasteiger partial charge in [0, 0.05) is 31.0 Å². The van der Waals surface area contributed by atoms with Crippen molar-refractivity contribution in [3.8, 4) is 0 Å². The summed E-state index contributed by atoms with van der Waals surface area (Å²) in [5, 5.41) is 3.32. The summed E-state index contributed by atoms with van der Waals surface area (Å²) in [6, 6.07) is 14.6. The van der Waals surface area contributed by atoms with Gasteiger partial charge in [-0.05, 0) is 37.5 Å². The van der Waals surface area contributed by atoms with E-state index in [9.17, 15) is 4.79 Å². The Morgan fingerprint density at radius 3 is 2.58 bits per heavy atom. The summed E-state index contributed by atoms with van der Waals surface area (Å²) in [7, 11) is 0. The van der Waals surface area contributed by atoms with Crippen LogP contribution in [0.3, 0.4) is 0 Å². The van der Waals surface area contributed by atoms with Crippen LogP contribution in [0.4, 0.5) is 0 Å². The standard InChI is InChI=1S/C20H24N2O2/c1-15-7-8-17(24-15)14-22-11-9-20(10-12-22)18(13-19(23)21-20)16-5-3-2-4-6-16/h2-8,18H,9-14H2,1H3,(H,21,23)/t18-/m1/s1. The van der Waals surface area contributed by atoms with Gasteiger partial charge in [-0.1, -0.05) is 30.3 Å². The molecule has 4 heteroatoms. The molecule has 4 rings (SSSR count). The van der Waals surface area contributed by atoms with E-state index in [0.717, 1.165) is 44.0 Å². The zero-order valence-electron chi connectivity index (χ0n) is 14.1. The van der Waals surface area contributed by atoms with Crippen LogP contribution in [0.15, 0.2) is 46.9 Å². The molecule has 2 aromatic rings. The minimum Gasteiger partial charge on any atom is -0.465 e. The van der Waals surface area contributed by atoms with E-state index in [-0.39, 0.29) is 11.4 Å². The molecule has 1 atom stereocenters. The number of nitrogens with one attached hydrogen (secondary N) is 1. The number of carbonyl (C=O) groups excluding carboxylic acids is 1. The SMILES string of the molecule is Cc1ccc(CN2CCC3(CC2)NC(=O)C[C@@H]3c2ccccc2)o1. The van der Waals surface area contributed by atoms with E-state index in [1.165, 1.54) is 5.56 Å². The minimum atomic E-state index is -0.0754. The Hall–Kier alpha value is -2.07. The lowest BCUT2D eigenvalue weighted by molar-refractivity contribution is -0.120. The van der Waals surface area contributed by atoms with E-state index in [1.54, 1.807) is 0 Å². The third-order valence-electron chi connectivity index (χ3n) is 5.57. The van der Waals surface area contributed by atoms with Gasteiger partial charge in [-0.15, -0.1) is 0 Å². The van der Waals surface area contributed by atoms with E-state index >= 15 is 0 Å². The van der Waals surface area contributed by atoms with E-state index < -0.39 is 0 Å². The van der Waals surface area contributed by atoms with Gasteiger partial charge >= 0.3 is 0 Å². The molecular formula is C20H24N2O2. The maximum Gasteiger partial charge on any atom is 0.221 e. The fourth-order valence-corrected chi connectivity index (χ4v) is 4.29. The molecule has 1 aromatic carbocycles. The van der Waals surface area contributed by atoms with Gasteiger partial charge in [0.05, 0.1) is 6.54 Å². The second kappa shape index (κ2) is 6.10. The highest BCUT2D eigenvalue weighted by molar-refractivity contribution is 5.81. The summed E-state index contributed by atoms with van der Waals surface area (Å²) < 4.78 is 5.70. The predicted octanol–water partition coefficient (Wildman–Crippen LogP) is 3.23. The first-order valence-corrected chi connectivity index (χ1v) is 8.78. The molecule has 2 fully saturated rings. The summed E-state index contributed by atoms with van der Waals surface area (Å²) in [4.78, 5) is 14.6. The van der Waals surface area contributed by atoms with Gasteiger partial charge in [-0.25, -0.2) is 0 Å². The molecule has 0 radical (unpaired) electrons. The van der Waals surface area contributed by atoms with Gasteiger partial charge in [0.25, 0.3) is 0 Å². The highest BCUT2D eigenvalue weighted by Gasteiger charge is 2.48. The molecule has 1 spiro atoms. The first-order valence-electron chi connectivity index (χ1n) is 8.78. The number of benzene rings is 1. The van der Waals surface area contributed by atoms with Crippen molar-refractivity contribution in [3.05, 3.63) is 59.5 Å². The van der Waals surface area contributed by atoms with Gasteiger partial charge in [0.2, 0.25) is 5.91 Å². The minimum absolute atomic E-state index is 0.0754. The maximum absolute atomic E-state index is 12.1. The average Bonchev–Trinajstić information content (AvgIpc) is 3.14. The topological polar surface area (TPSA) is 45.5 Å². The molecule has 2 aliphatic heterocycles. The lowest BCUT2D eigenvalue weighted by Gasteiger charge is -2.42. The summed E-state index contributed by atoms with van der Waals surface area (Å²) in [6.45, 7) is 4.81. The molecule has 0 bridgehead atoms. The molecular weight excluding hydrogens is 300 g/mol. The molecule has 126 valence electrons. The summed E-state index contributed by atoms with van der Waals surface area (Å²) >= 11 is 0. The van der Waals surface area contributed by atoms with Crippen molar-refractivity contribution in [3.63, 3.8) is 0 Å². The number of rotatable bonds is 3. The number of piperidine rings is 1. The number of carbonyl (C=O) groups is 1. The molecule has 4 nitrogen and oxygen atoms in total. The van der Waals surface area contributed by atoms with Crippen molar-refractivity contribution >= 4 is 5.91 Å². The Labute approximate surface area is 142 Å². The van der Waals surface area contributed by atoms with E-state index in [2.05, 4.69) is 40.5 Å². The van der Waals surface area contributed by atoms with E-state index in [4.69, 9.17) is 4.42 Å². The van der Waals surface area contributed by atoms with Crippen molar-refractivity contribution in [2.45, 2.75) is 44.2 Å². The summed E-state index contributed by atoms with van der Waals surface area (Å²) in [5.74, 6) is 2.47. The summed E-state index contributed by atoms with van der Waals surface area (Å²) in [5.41, 5.74) is 1.21. The number of nitrogens with zero attached hydrogens (tertiary/aromatic N) is 1. The largest absolute Gasteiger partial charge is 0.465 e. The van der Waals surface area contributed by atoms with Crippen molar-refractivity contribution in [1.82, 2.24) is 10.2 Å². The maximum atomic E-state index is 12.1. The Morgan fingerprint density at radius 2 is 1.92 bits per heavy atom. The van der Waals surface area contributed by atoms with Gasteiger partial charge in [0.15, 0.2) is 0 Å². The quantitative estimate of drug-likeness (QED) is 0.943. The highest BCUT2D eigenvalue weighted by atomic mass is 16.3. The van der Waals surface area contributed by atoms with Crippen LogP contribution in [0.2, 0.25) is 0 Å². The monoisotopic (exact) mass is 324 g/mol. The summed E-state index contributed by atoms with van der Waals surface area (Å²) in [6.07, 6.45) is 2.61. The van der Waals surface area contributed by atoms with Crippen molar-refractivity contribution in [1.29, 1.82) is 0 Å². The molecule has 0 unspecified atom stereocenters. The highest BCUT2D eigenvalue weighted by Crippen LogP contribution is 2.43. The number of hydrogen-bond donors (Lipinski definition) is 1. The van der Waals surface area contributed by atoms with Crippen molar-refractivity contribution in [2.75, 3.05) is 13.1 Å². The number of aryl methyl sites for hydroxylation is 1. The number of amides is 1. The zero-order chi connectivity index (χ0) is 16.6. The Bertz CT molecular complexity index is 714. The normalized spacial score (nSPS) is 23.5. The molecule has 0 saturated carbocycles. The van der Waals surface area contributed by atoms with Crippen LogP contribution >= 0.6 is 0 Å². The lowest BCUT2D eigenvalue weighted by atomic mass is 9.74. The van der Waals surface area contributed by atoms with Crippen LogP contribution in [0, 0.1) is 6.92 Å². The van der Waals surface area contributed by atoms with E-state index in [0.29, 0.717) is 12.3 Å². The second-order valence-corrected chi connectivity index (χ2v) is 7.16. The fourth-order valence-electron chi connectivity index (χ4n) is 4.29. The smallest absolute Gasteiger partial charge is 0.221 e. The third kappa shape index (κ3) is 2.86. The number of hydrogen-bond acceptors (Lipinski definition) is 3. The number of likely N-dealkylation sites (tertiary alicyclic amines) is 1. The molecule has 2 saturated heterocycles. The predicted molar refractivity (Wildman–Crippen MR) is 92.6 cm³/mol. The van der Waals surface area contributed by atoms with Crippen LogP contribution in [0.25, 0.3) is 0 Å². The molecule has 1 aromatic heterocycles. The third-order valence-corrected chi connectivity index (χ3v) is 5.57. The first kappa shape index (κ1) is 15.5. The number of furan rings is 1. The molecule has 1 amide bonds. The molecule has 3 heterocycles. The molecule has 0 aliphatic carbocycles. The molecule has 2 aliphatic rings. The van der Waals surface area contributed by atoms with Crippen molar-refractivity contribution < 1.29 is 9.21 Å². The van der Waals surface area contributed by atoms with Gasteiger partial charge in [-0.2, -0.15) is 0 Å². The van der Waals surface area contributed by atoms with Crippen LogP contribution in [0.5, 0.6) is 0 Å². The van der Waals surface area contributed by atoms with Gasteiger partial charge < -0.3 is 9.73 Å². The Kier molecular flexibility index (Phi) is 3.93. The Morgan fingerprint density at radius 1 is 1.17 bits per heavy atom. The van der Waals surface area contributed by atoms with Crippen LogP contribution in [-0.4, -0.2) is 29.4 Å². The van der Waals surface area contributed by atoms with E-state index in [1.807, 2.05) is 19.1 Å². The van der Waals surface area contributed by atoms with Crippen molar-refractivity contribution in [2.24, 2.45) is 0 Å².